The maximum absolute atomic E-state index is 10.9. The molecule has 0 spiro atoms. The second-order valence-corrected chi connectivity index (χ2v) is 3.82. The standard InChI is InChI=1S/C12H15NO2/c1-15-12(14)8-13-11-7-10(11)9-5-3-2-4-6-9/h2-6,10-11,13H,7-8H2,1H3/t10?,11-/m0/s1. The van der Waals surface area contributed by atoms with Gasteiger partial charge in [-0.1, -0.05) is 30.3 Å². The highest BCUT2D eigenvalue weighted by Gasteiger charge is 2.37. The lowest BCUT2D eigenvalue weighted by Gasteiger charge is -2.02. The van der Waals surface area contributed by atoms with E-state index in [1.54, 1.807) is 0 Å². The summed E-state index contributed by atoms with van der Waals surface area (Å²) in [5.41, 5.74) is 1.35. The molecule has 2 atom stereocenters. The second kappa shape index (κ2) is 4.45. The normalized spacial score (nSPS) is 23.5. The molecule has 0 aromatic heterocycles. The first-order chi connectivity index (χ1) is 7.31. The van der Waals surface area contributed by atoms with Gasteiger partial charge < -0.3 is 10.1 Å². The molecule has 0 radical (unpaired) electrons. The van der Waals surface area contributed by atoms with Gasteiger partial charge in [0.05, 0.1) is 13.7 Å². The molecule has 0 heterocycles. The van der Waals surface area contributed by atoms with E-state index < -0.39 is 0 Å². The summed E-state index contributed by atoms with van der Waals surface area (Å²) in [6.07, 6.45) is 1.11. The van der Waals surface area contributed by atoms with Crippen LogP contribution in [-0.2, 0) is 9.53 Å². The molecule has 1 aromatic rings. The third-order valence-corrected chi connectivity index (χ3v) is 2.75. The van der Waals surface area contributed by atoms with Crippen LogP contribution in [-0.4, -0.2) is 25.7 Å². The summed E-state index contributed by atoms with van der Waals surface area (Å²) in [4.78, 5) is 10.9. The Morgan fingerprint density at radius 3 is 2.87 bits per heavy atom. The summed E-state index contributed by atoms with van der Waals surface area (Å²) >= 11 is 0. The maximum atomic E-state index is 10.9. The molecular weight excluding hydrogens is 190 g/mol. The first-order valence-corrected chi connectivity index (χ1v) is 5.16. The fourth-order valence-corrected chi connectivity index (χ4v) is 1.78. The van der Waals surface area contributed by atoms with E-state index in [9.17, 15) is 4.79 Å². The molecule has 1 N–H and O–H groups in total. The molecule has 3 heteroatoms. The summed E-state index contributed by atoms with van der Waals surface area (Å²) in [5.74, 6) is 0.365. The number of esters is 1. The van der Waals surface area contributed by atoms with Gasteiger partial charge in [-0.05, 0) is 12.0 Å². The van der Waals surface area contributed by atoms with Gasteiger partial charge in [-0.25, -0.2) is 0 Å². The van der Waals surface area contributed by atoms with Crippen LogP contribution in [0.25, 0.3) is 0 Å². The SMILES string of the molecule is COC(=O)CN[C@H]1CC1c1ccccc1. The number of hydrogen-bond acceptors (Lipinski definition) is 3. The van der Waals surface area contributed by atoms with Crippen LogP contribution in [0.5, 0.6) is 0 Å². The zero-order chi connectivity index (χ0) is 10.7. The van der Waals surface area contributed by atoms with Gasteiger partial charge in [-0.2, -0.15) is 0 Å². The number of hydrogen-bond donors (Lipinski definition) is 1. The van der Waals surface area contributed by atoms with Crippen molar-refractivity contribution in [2.45, 2.75) is 18.4 Å². The zero-order valence-corrected chi connectivity index (χ0v) is 8.77. The van der Waals surface area contributed by atoms with E-state index in [0.29, 0.717) is 18.5 Å². The van der Waals surface area contributed by atoms with Crippen molar-refractivity contribution < 1.29 is 9.53 Å². The predicted molar refractivity (Wildman–Crippen MR) is 57.6 cm³/mol. The topological polar surface area (TPSA) is 38.3 Å². The molecular formula is C12H15NO2. The van der Waals surface area contributed by atoms with Crippen molar-refractivity contribution in [2.75, 3.05) is 13.7 Å². The van der Waals surface area contributed by atoms with E-state index in [-0.39, 0.29) is 5.97 Å². The van der Waals surface area contributed by atoms with E-state index >= 15 is 0 Å². The van der Waals surface area contributed by atoms with Crippen molar-refractivity contribution in [3.63, 3.8) is 0 Å². The number of carbonyl (C=O) groups excluding carboxylic acids is 1. The highest BCUT2D eigenvalue weighted by molar-refractivity contribution is 5.71. The lowest BCUT2D eigenvalue weighted by molar-refractivity contribution is -0.139. The van der Waals surface area contributed by atoms with Crippen LogP contribution in [0.3, 0.4) is 0 Å². The van der Waals surface area contributed by atoms with Gasteiger partial charge in [0, 0.05) is 12.0 Å². The van der Waals surface area contributed by atoms with Crippen LogP contribution in [0.15, 0.2) is 30.3 Å². The molecule has 0 saturated heterocycles. The van der Waals surface area contributed by atoms with E-state index in [1.165, 1.54) is 12.7 Å². The van der Waals surface area contributed by atoms with Crippen LogP contribution in [0.2, 0.25) is 0 Å². The molecule has 3 nitrogen and oxygen atoms in total. The molecule has 1 aliphatic carbocycles. The van der Waals surface area contributed by atoms with Crippen LogP contribution >= 0.6 is 0 Å². The molecule has 2 rings (SSSR count). The van der Waals surface area contributed by atoms with Gasteiger partial charge in [0.1, 0.15) is 0 Å². The molecule has 1 aliphatic rings. The summed E-state index contributed by atoms with van der Waals surface area (Å²) in [5, 5.41) is 3.18. The average Bonchev–Trinajstić information content (AvgIpc) is 3.06. The molecule has 1 saturated carbocycles. The molecule has 15 heavy (non-hydrogen) atoms. The number of ether oxygens (including phenoxy) is 1. The molecule has 0 bridgehead atoms. The van der Waals surface area contributed by atoms with Crippen molar-refractivity contribution >= 4 is 5.97 Å². The summed E-state index contributed by atoms with van der Waals surface area (Å²) in [6, 6.07) is 10.8. The molecule has 80 valence electrons. The van der Waals surface area contributed by atoms with Crippen molar-refractivity contribution in [3.8, 4) is 0 Å². The third kappa shape index (κ3) is 2.57. The fraction of sp³-hybridized carbons (Fsp3) is 0.417. The van der Waals surface area contributed by atoms with E-state index in [0.717, 1.165) is 6.42 Å². The van der Waals surface area contributed by atoms with Crippen molar-refractivity contribution in [1.82, 2.24) is 5.32 Å². The Morgan fingerprint density at radius 2 is 2.20 bits per heavy atom. The maximum Gasteiger partial charge on any atom is 0.319 e. The fourth-order valence-electron chi connectivity index (χ4n) is 1.78. The minimum atomic E-state index is -0.200. The second-order valence-electron chi connectivity index (χ2n) is 3.82. The Bertz CT molecular complexity index is 337. The van der Waals surface area contributed by atoms with Gasteiger partial charge in [0.2, 0.25) is 0 Å². The summed E-state index contributed by atoms with van der Waals surface area (Å²) in [6.45, 7) is 0.310. The minimum absolute atomic E-state index is 0.200. The molecule has 1 unspecified atom stereocenters. The smallest absolute Gasteiger partial charge is 0.319 e. The van der Waals surface area contributed by atoms with E-state index in [2.05, 4.69) is 22.2 Å². The number of benzene rings is 1. The minimum Gasteiger partial charge on any atom is -0.468 e. The Morgan fingerprint density at radius 1 is 1.47 bits per heavy atom. The summed E-state index contributed by atoms with van der Waals surface area (Å²) < 4.78 is 4.57. The number of nitrogens with one attached hydrogen (secondary N) is 1. The Labute approximate surface area is 89.4 Å². The van der Waals surface area contributed by atoms with Gasteiger partial charge in [0.25, 0.3) is 0 Å². The van der Waals surface area contributed by atoms with E-state index in [4.69, 9.17) is 0 Å². The van der Waals surface area contributed by atoms with Gasteiger partial charge in [-0.15, -0.1) is 0 Å². The Kier molecular flexibility index (Phi) is 3.02. The predicted octanol–water partition coefficient (Wildman–Crippen LogP) is 1.31. The third-order valence-electron chi connectivity index (χ3n) is 2.75. The first kappa shape index (κ1) is 10.2. The molecule has 1 fully saturated rings. The first-order valence-electron chi connectivity index (χ1n) is 5.16. The van der Waals surface area contributed by atoms with Crippen LogP contribution in [0.4, 0.5) is 0 Å². The average molecular weight is 205 g/mol. The lowest BCUT2D eigenvalue weighted by Crippen LogP contribution is -2.26. The largest absolute Gasteiger partial charge is 0.468 e. The zero-order valence-electron chi connectivity index (χ0n) is 8.77. The van der Waals surface area contributed by atoms with Crippen LogP contribution in [0.1, 0.15) is 17.9 Å². The van der Waals surface area contributed by atoms with Crippen molar-refractivity contribution in [1.29, 1.82) is 0 Å². The Balaban J connectivity index is 1.79. The monoisotopic (exact) mass is 205 g/mol. The lowest BCUT2D eigenvalue weighted by atomic mass is 10.1. The van der Waals surface area contributed by atoms with E-state index in [1.807, 2.05) is 18.2 Å². The molecule has 0 amide bonds. The van der Waals surface area contributed by atoms with Gasteiger partial charge in [0.15, 0.2) is 0 Å². The highest BCUT2D eigenvalue weighted by Crippen LogP contribution is 2.40. The van der Waals surface area contributed by atoms with Crippen LogP contribution in [0, 0.1) is 0 Å². The van der Waals surface area contributed by atoms with Crippen molar-refractivity contribution in [2.24, 2.45) is 0 Å². The number of methoxy groups -OCH3 is 1. The molecule has 1 aromatic carbocycles. The summed E-state index contributed by atoms with van der Waals surface area (Å²) in [7, 11) is 1.41. The quantitative estimate of drug-likeness (QED) is 0.753. The number of carbonyl (C=O) groups is 1. The van der Waals surface area contributed by atoms with Crippen molar-refractivity contribution in [3.05, 3.63) is 35.9 Å². The van der Waals surface area contributed by atoms with Gasteiger partial charge >= 0.3 is 5.97 Å². The van der Waals surface area contributed by atoms with Crippen LogP contribution < -0.4 is 5.32 Å². The number of rotatable bonds is 4. The Hall–Kier alpha value is -1.35. The van der Waals surface area contributed by atoms with Gasteiger partial charge in [-0.3, -0.25) is 4.79 Å². The highest BCUT2D eigenvalue weighted by atomic mass is 16.5. The molecule has 0 aliphatic heterocycles.